The van der Waals surface area contributed by atoms with Crippen LogP contribution in [0.5, 0.6) is 0 Å². The summed E-state index contributed by atoms with van der Waals surface area (Å²) >= 11 is 0. The molecule has 1 saturated carbocycles. The van der Waals surface area contributed by atoms with Gasteiger partial charge in [-0.1, -0.05) is 12.8 Å². The van der Waals surface area contributed by atoms with Crippen molar-refractivity contribution in [3.63, 3.8) is 0 Å². The topological polar surface area (TPSA) is 72.9 Å². The molecule has 0 radical (unpaired) electrons. The molecule has 82 valence electrons. The highest BCUT2D eigenvalue weighted by Gasteiger charge is 2.14. The number of primary amides is 1. The summed E-state index contributed by atoms with van der Waals surface area (Å²) in [5.74, 6) is -0.370. The zero-order valence-corrected chi connectivity index (χ0v) is 8.65. The molecule has 0 bridgehead atoms. The Kier molecular flexibility index (Phi) is 2.89. The Morgan fingerprint density at radius 1 is 1.60 bits per heavy atom. The molecule has 5 heteroatoms. The molecule has 1 amide bonds. The largest absolute Gasteiger partial charge is 0.380 e. The fourth-order valence-electron chi connectivity index (χ4n) is 1.99. The van der Waals surface area contributed by atoms with Gasteiger partial charge in [0, 0.05) is 12.2 Å². The van der Waals surface area contributed by atoms with Crippen molar-refractivity contribution in [1.29, 1.82) is 0 Å². The zero-order valence-electron chi connectivity index (χ0n) is 8.65. The van der Waals surface area contributed by atoms with Gasteiger partial charge in [-0.25, -0.2) is 0 Å². The number of rotatable bonds is 4. The van der Waals surface area contributed by atoms with Gasteiger partial charge in [0.2, 0.25) is 5.91 Å². The average Bonchev–Trinajstić information content (AvgIpc) is 2.77. The maximum absolute atomic E-state index is 10.7. The van der Waals surface area contributed by atoms with E-state index in [1.807, 2.05) is 6.20 Å². The quantitative estimate of drug-likeness (QED) is 0.765. The van der Waals surface area contributed by atoms with Crippen LogP contribution in [0.3, 0.4) is 0 Å². The molecular formula is C10H16N4O. The minimum absolute atomic E-state index is 0.145. The molecule has 1 aliphatic carbocycles. The summed E-state index contributed by atoms with van der Waals surface area (Å²) in [4.78, 5) is 10.7. The first-order valence-corrected chi connectivity index (χ1v) is 5.31. The van der Waals surface area contributed by atoms with Crippen LogP contribution in [0, 0.1) is 0 Å². The van der Waals surface area contributed by atoms with Crippen LogP contribution in [0.1, 0.15) is 25.7 Å². The standard InChI is InChI=1S/C10H16N4O/c11-10(15)7-14-6-9(5-12-14)13-8-3-1-2-4-8/h5-6,8,13H,1-4,7H2,(H2,11,15). The van der Waals surface area contributed by atoms with Crippen molar-refractivity contribution in [2.24, 2.45) is 5.73 Å². The summed E-state index contributed by atoms with van der Waals surface area (Å²) in [5.41, 5.74) is 6.05. The van der Waals surface area contributed by atoms with Gasteiger partial charge in [0.15, 0.2) is 0 Å². The summed E-state index contributed by atoms with van der Waals surface area (Å²) in [6.07, 6.45) is 8.60. The second kappa shape index (κ2) is 4.33. The van der Waals surface area contributed by atoms with E-state index in [0.29, 0.717) is 6.04 Å². The van der Waals surface area contributed by atoms with E-state index in [4.69, 9.17) is 5.73 Å². The number of aromatic nitrogens is 2. The van der Waals surface area contributed by atoms with E-state index in [9.17, 15) is 4.79 Å². The lowest BCUT2D eigenvalue weighted by Crippen LogP contribution is -2.19. The lowest BCUT2D eigenvalue weighted by molar-refractivity contribution is -0.118. The summed E-state index contributed by atoms with van der Waals surface area (Å²) in [7, 11) is 0. The Balaban J connectivity index is 1.91. The Hall–Kier alpha value is -1.52. The van der Waals surface area contributed by atoms with Gasteiger partial charge >= 0.3 is 0 Å². The van der Waals surface area contributed by atoms with Gasteiger partial charge in [-0.15, -0.1) is 0 Å². The molecule has 5 nitrogen and oxygen atoms in total. The van der Waals surface area contributed by atoms with E-state index in [2.05, 4.69) is 10.4 Å². The molecule has 3 N–H and O–H groups in total. The monoisotopic (exact) mass is 208 g/mol. The molecule has 0 spiro atoms. The fraction of sp³-hybridized carbons (Fsp3) is 0.600. The second-order valence-corrected chi connectivity index (χ2v) is 4.02. The lowest BCUT2D eigenvalue weighted by Gasteiger charge is -2.10. The van der Waals surface area contributed by atoms with Crippen molar-refractivity contribution in [3.05, 3.63) is 12.4 Å². The van der Waals surface area contributed by atoms with Crippen molar-refractivity contribution in [3.8, 4) is 0 Å². The predicted molar refractivity (Wildman–Crippen MR) is 57.3 cm³/mol. The van der Waals surface area contributed by atoms with Crippen LogP contribution in [0.2, 0.25) is 0 Å². The van der Waals surface area contributed by atoms with Crippen LogP contribution in [-0.4, -0.2) is 21.7 Å². The molecule has 1 fully saturated rings. The van der Waals surface area contributed by atoms with E-state index in [1.54, 1.807) is 10.9 Å². The van der Waals surface area contributed by atoms with E-state index in [-0.39, 0.29) is 12.5 Å². The van der Waals surface area contributed by atoms with Crippen LogP contribution in [0.15, 0.2) is 12.4 Å². The van der Waals surface area contributed by atoms with Crippen molar-refractivity contribution >= 4 is 11.6 Å². The zero-order chi connectivity index (χ0) is 10.7. The number of hydrogen-bond donors (Lipinski definition) is 2. The molecular weight excluding hydrogens is 192 g/mol. The summed E-state index contributed by atoms with van der Waals surface area (Å²) in [6, 6.07) is 0.566. The summed E-state index contributed by atoms with van der Waals surface area (Å²) in [5, 5.41) is 7.45. The maximum atomic E-state index is 10.7. The van der Waals surface area contributed by atoms with Gasteiger partial charge in [-0.05, 0) is 12.8 Å². The van der Waals surface area contributed by atoms with E-state index >= 15 is 0 Å². The number of amides is 1. The third-order valence-corrected chi connectivity index (χ3v) is 2.68. The van der Waals surface area contributed by atoms with Crippen LogP contribution in [-0.2, 0) is 11.3 Å². The third kappa shape index (κ3) is 2.71. The number of nitrogens with two attached hydrogens (primary N) is 1. The second-order valence-electron chi connectivity index (χ2n) is 4.02. The maximum Gasteiger partial charge on any atom is 0.239 e. The summed E-state index contributed by atoms with van der Waals surface area (Å²) < 4.78 is 1.56. The minimum Gasteiger partial charge on any atom is -0.380 e. The molecule has 0 saturated heterocycles. The van der Waals surface area contributed by atoms with Gasteiger partial charge in [0.25, 0.3) is 0 Å². The number of carbonyl (C=O) groups excluding carboxylic acids is 1. The van der Waals surface area contributed by atoms with Gasteiger partial charge in [-0.2, -0.15) is 5.10 Å². The first-order valence-electron chi connectivity index (χ1n) is 5.31. The SMILES string of the molecule is NC(=O)Cn1cc(NC2CCCC2)cn1. The smallest absolute Gasteiger partial charge is 0.239 e. The van der Waals surface area contributed by atoms with Crippen LogP contribution >= 0.6 is 0 Å². The minimum atomic E-state index is -0.370. The molecule has 0 aliphatic heterocycles. The Bertz CT molecular complexity index is 341. The summed E-state index contributed by atoms with van der Waals surface area (Å²) in [6.45, 7) is 0.145. The van der Waals surface area contributed by atoms with Gasteiger partial charge in [0.05, 0.1) is 11.9 Å². The molecule has 0 atom stereocenters. The molecule has 1 aromatic heterocycles. The highest BCUT2D eigenvalue weighted by molar-refractivity contribution is 5.73. The van der Waals surface area contributed by atoms with E-state index in [1.165, 1.54) is 25.7 Å². The number of carbonyl (C=O) groups is 1. The number of hydrogen-bond acceptors (Lipinski definition) is 3. The number of anilines is 1. The lowest BCUT2D eigenvalue weighted by atomic mass is 10.2. The molecule has 2 rings (SSSR count). The molecule has 0 unspecified atom stereocenters. The Labute approximate surface area is 88.6 Å². The highest BCUT2D eigenvalue weighted by Crippen LogP contribution is 2.21. The first kappa shape index (κ1) is 10.0. The first-order chi connectivity index (χ1) is 7.24. The molecule has 1 aliphatic rings. The van der Waals surface area contributed by atoms with Crippen LogP contribution < -0.4 is 11.1 Å². The van der Waals surface area contributed by atoms with Crippen molar-refractivity contribution in [2.45, 2.75) is 38.3 Å². The Morgan fingerprint density at radius 3 is 3.00 bits per heavy atom. The van der Waals surface area contributed by atoms with E-state index in [0.717, 1.165) is 5.69 Å². The average molecular weight is 208 g/mol. The van der Waals surface area contributed by atoms with Gasteiger partial charge in [0.1, 0.15) is 6.54 Å². The van der Waals surface area contributed by atoms with Crippen molar-refractivity contribution in [1.82, 2.24) is 9.78 Å². The highest BCUT2D eigenvalue weighted by atomic mass is 16.1. The van der Waals surface area contributed by atoms with Gasteiger partial charge in [-0.3, -0.25) is 9.48 Å². The van der Waals surface area contributed by atoms with Crippen molar-refractivity contribution < 1.29 is 4.79 Å². The third-order valence-electron chi connectivity index (χ3n) is 2.68. The molecule has 0 aromatic carbocycles. The number of nitrogens with one attached hydrogen (secondary N) is 1. The Morgan fingerprint density at radius 2 is 2.33 bits per heavy atom. The van der Waals surface area contributed by atoms with Gasteiger partial charge < -0.3 is 11.1 Å². The fourth-order valence-corrected chi connectivity index (χ4v) is 1.99. The van der Waals surface area contributed by atoms with Crippen molar-refractivity contribution in [2.75, 3.05) is 5.32 Å². The predicted octanol–water partition coefficient (Wildman–Crippen LogP) is 0.723. The molecule has 15 heavy (non-hydrogen) atoms. The van der Waals surface area contributed by atoms with Crippen LogP contribution in [0.4, 0.5) is 5.69 Å². The van der Waals surface area contributed by atoms with Crippen LogP contribution in [0.25, 0.3) is 0 Å². The van der Waals surface area contributed by atoms with E-state index < -0.39 is 0 Å². The molecule has 1 heterocycles. The molecule has 1 aromatic rings. The normalized spacial score (nSPS) is 16.8. The number of nitrogens with zero attached hydrogens (tertiary/aromatic N) is 2.